The summed E-state index contributed by atoms with van der Waals surface area (Å²) in [6.45, 7) is 7.21. The number of rotatable bonds is 8. The Hall–Kier alpha value is -2.12. The van der Waals surface area contributed by atoms with Gasteiger partial charge in [-0.1, -0.05) is 43.8 Å². The molecule has 0 unspecified atom stereocenters. The number of hydrogen-bond acceptors (Lipinski definition) is 5. The summed E-state index contributed by atoms with van der Waals surface area (Å²) in [6, 6.07) is 12.1. The molecule has 7 heteroatoms. The van der Waals surface area contributed by atoms with Crippen LogP contribution in [0.2, 0.25) is 0 Å². The number of anilines is 1. The van der Waals surface area contributed by atoms with Gasteiger partial charge >= 0.3 is 0 Å². The van der Waals surface area contributed by atoms with E-state index in [0.717, 1.165) is 34.5 Å². The molecular formula is C20H24N4OS2. The zero-order valence-electron chi connectivity index (χ0n) is 15.8. The lowest BCUT2D eigenvalue weighted by Crippen LogP contribution is -2.14. The van der Waals surface area contributed by atoms with Crippen molar-refractivity contribution >= 4 is 34.7 Å². The van der Waals surface area contributed by atoms with Crippen LogP contribution in [-0.4, -0.2) is 26.4 Å². The van der Waals surface area contributed by atoms with Gasteiger partial charge in [0.05, 0.1) is 10.6 Å². The van der Waals surface area contributed by atoms with Crippen LogP contribution in [0.15, 0.2) is 46.9 Å². The lowest BCUT2D eigenvalue weighted by atomic mass is 9.99. The van der Waals surface area contributed by atoms with Crippen LogP contribution in [0.3, 0.4) is 0 Å². The molecule has 3 aromatic rings. The van der Waals surface area contributed by atoms with Crippen molar-refractivity contribution in [3.05, 3.63) is 47.3 Å². The molecule has 0 aliphatic rings. The third-order valence-corrected chi connectivity index (χ3v) is 6.32. The van der Waals surface area contributed by atoms with E-state index in [4.69, 9.17) is 0 Å². The smallest absolute Gasteiger partial charge is 0.234 e. The fourth-order valence-electron chi connectivity index (χ4n) is 2.73. The van der Waals surface area contributed by atoms with Crippen LogP contribution in [0.5, 0.6) is 0 Å². The van der Waals surface area contributed by atoms with Crippen LogP contribution < -0.4 is 5.32 Å². The minimum absolute atomic E-state index is 0.0420. The number of hydrogen-bond donors (Lipinski definition) is 1. The minimum atomic E-state index is -0.0420. The Morgan fingerprint density at radius 2 is 2.00 bits per heavy atom. The second-order valence-corrected chi connectivity index (χ2v) is 8.19. The molecule has 2 aromatic heterocycles. The first-order valence-corrected chi connectivity index (χ1v) is 11.0. The largest absolute Gasteiger partial charge is 0.325 e. The summed E-state index contributed by atoms with van der Waals surface area (Å²) >= 11 is 3.05. The molecule has 0 saturated heterocycles. The van der Waals surface area contributed by atoms with Gasteiger partial charge in [0.2, 0.25) is 5.91 Å². The first-order chi connectivity index (χ1) is 13.1. The maximum Gasteiger partial charge on any atom is 0.234 e. The normalized spacial score (nSPS) is 12.1. The molecule has 0 spiro atoms. The van der Waals surface area contributed by atoms with Gasteiger partial charge in [-0.2, -0.15) is 0 Å². The van der Waals surface area contributed by atoms with Crippen molar-refractivity contribution in [3.63, 3.8) is 0 Å². The molecule has 0 bridgehead atoms. The van der Waals surface area contributed by atoms with Crippen molar-refractivity contribution in [1.82, 2.24) is 14.8 Å². The van der Waals surface area contributed by atoms with E-state index in [1.807, 2.05) is 34.2 Å². The fourth-order valence-corrected chi connectivity index (χ4v) is 4.25. The van der Waals surface area contributed by atoms with E-state index in [2.05, 4.69) is 48.4 Å². The van der Waals surface area contributed by atoms with Crippen LogP contribution >= 0.6 is 23.1 Å². The Kier molecular flexibility index (Phi) is 6.68. The summed E-state index contributed by atoms with van der Waals surface area (Å²) in [5.41, 5.74) is 2.12. The first-order valence-electron chi connectivity index (χ1n) is 9.12. The summed E-state index contributed by atoms with van der Waals surface area (Å²) in [6.07, 6.45) is 1.11. The molecule has 0 saturated carbocycles. The highest BCUT2D eigenvalue weighted by molar-refractivity contribution is 7.99. The quantitative estimate of drug-likeness (QED) is 0.523. The summed E-state index contributed by atoms with van der Waals surface area (Å²) in [5.74, 6) is 1.65. The highest BCUT2D eigenvalue weighted by Crippen LogP contribution is 2.27. The third kappa shape index (κ3) is 4.78. The van der Waals surface area contributed by atoms with Crippen molar-refractivity contribution < 1.29 is 4.79 Å². The molecule has 0 fully saturated rings. The standard InChI is InChI=1S/C20H24N4OS2/c1-4-14(3)15-8-10-16(11-9-15)21-18(25)13-27-20-23-22-19(24(20)5-2)17-7-6-12-26-17/h6-12,14H,4-5,13H2,1-3H3,(H,21,25)/t14-/m1/s1. The van der Waals surface area contributed by atoms with Gasteiger partial charge in [-0.3, -0.25) is 4.79 Å². The van der Waals surface area contributed by atoms with Crippen LogP contribution in [0, 0.1) is 0 Å². The second kappa shape index (κ2) is 9.19. The van der Waals surface area contributed by atoms with Crippen molar-refractivity contribution in [2.75, 3.05) is 11.1 Å². The zero-order chi connectivity index (χ0) is 19.2. The molecule has 1 amide bonds. The molecule has 142 valence electrons. The lowest BCUT2D eigenvalue weighted by Gasteiger charge is -2.10. The molecule has 3 rings (SSSR count). The van der Waals surface area contributed by atoms with E-state index in [1.165, 1.54) is 17.3 Å². The monoisotopic (exact) mass is 400 g/mol. The summed E-state index contributed by atoms with van der Waals surface area (Å²) in [5, 5.41) is 14.3. The Balaban J connectivity index is 1.59. The number of nitrogens with zero attached hydrogens (tertiary/aromatic N) is 3. The molecule has 2 heterocycles. The number of carbonyl (C=O) groups is 1. The average Bonchev–Trinajstić information content (AvgIpc) is 3.35. The van der Waals surface area contributed by atoms with Crippen molar-refractivity contribution in [3.8, 4) is 10.7 Å². The number of amides is 1. The van der Waals surface area contributed by atoms with Crippen LogP contribution in [0.4, 0.5) is 5.69 Å². The molecule has 1 N–H and O–H groups in total. The van der Waals surface area contributed by atoms with E-state index >= 15 is 0 Å². The SMILES string of the molecule is CC[C@@H](C)c1ccc(NC(=O)CSc2nnc(-c3cccs3)n2CC)cc1. The van der Waals surface area contributed by atoms with Crippen molar-refractivity contribution in [1.29, 1.82) is 0 Å². The topological polar surface area (TPSA) is 59.8 Å². The van der Waals surface area contributed by atoms with Crippen molar-refractivity contribution in [2.45, 2.75) is 44.8 Å². The maximum atomic E-state index is 12.3. The van der Waals surface area contributed by atoms with Gasteiger partial charge in [-0.25, -0.2) is 0 Å². The van der Waals surface area contributed by atoms with E-state index < -0.39 is 0 Å². The molecule has 0 aliphatic heterocycles. The average molecular weight is 401 g/mol. The van der Waals surface area contributed by atoms with Gasteiger partial charge < -0.3 is 9.88 Å². The highest BCUT2D eigenvalue weighted by Gasteiger charge is 2.15. The van der Waals surface area contributed by atoms with Crippen molar-refractivity contribution in [2.24, 2.45) is 0 Å². The minimum Gasteiger partial charge on any atom is -0.325 e. The Morgan fingerprint density at radius 1 is 1.22 bits per heavy atom. The number of benzene rings is 1. The molecule has 27 heavy (non-hydrogen) atoms. The molecule has 5 nitrogen and oxygen atoms in total. The van der Waals surface area contributed by atoms with Gasteiger partial charge in [0.15, 0.2) is 11.0 Å². The Labute approximate surface area is 168 Å². The summed E-state index contributed by atoms with van der Waals surface area (Å²) < 4.78 is 2.05. The van der Waals surface area contributed by atoms with Gasteiger partial charge in [-0.05, 0) is 48.4 Å². The van der Waals surface area contributed by atoms with E-state index in [0.29, 0.717) is 11.7 Å². The first kappa shape index (κ1) is 19.6. The van der Waals surface area contributed by atoms with E-state index in [9.17, 15) is 4.79 Å². The van der Waals surface area contributed by atoms with Gasteiger partial charge in [0.25, 0.3) is 0 Å². The summed E-state index contributed by atoms with van der Waals surface area (Å²) in [7, 11) is 0. The molecule has 0 aliphatic carbocycles. The number of thioether (sulfide) groups is 1. The van der Waals surface area contributed by atoms with Crippen LogP contribution in [0.25, 0.3) is 10.7 Å². The number of aromatic nitrogens is 3. The summed E-state index contributed by atoms with van der Waals surface area (Å²) in [4.78, 5) is 13.4. The fraction of sp³-hybridized carbons (Fsp3) is 0.350. The van der Waals surface area contributed by atoms with Crippen LogP contribution in [-0.2, 0) is 11.3 Å². The Morgan fingerprint density at radius 3 is 2.63 bits per heavy atom. The highest BCUT2D eigenvalue weighted by atomic mass is 32.2. The number of carbonyl (C=O) groups excluding carboxylic acids is 1. The number of nitrogens with one attached hydrogen (secondary N) is 1. The third-order valence-electron chi connectivity index (χ3n) is 4.48. The Bertz CT molecular complexity index is 872. The van der Waals surface area contributed by atoms with E-state index in [1.54, 1.807) is 11.3 Å². The molecule has 1 aromatic carbocycles. The zero-order valence-corrected chi connectivity index (χ0v) is 17.4. The molecule has 0 radical (unpaired) electrons. The maximum absolute atomic E-state index is 12.3. The van der Waals surface area contributed by atoms with Crippen LogP contribution in [0.1, 0.15) is 38.7 Å². The van der Waals surface area contributed by atoms with Gasteiger partial charge in [-0.15, -0.1) is 21.5 Å². The molecule has 1 atom stereocenters. The lowest BCUT2D eigenvalue weighted by molar-refractivity contribution is -0.113. The number of thiophene rings is 1. The van der Waals surface area contributed by atoms with E-state index in [-0.39, 0.29) is 5.91 Å². The predicted molar refractivity (Wildman–Crippen MR) is 114 cm³/mol. The van der Waals surface area contributed by atoms with Gasteiger partial charge in [0.1, 0.15) is 0 Å². The van der Waals surface area contributed by atoms with Gasteiger partial charge in [0, 0.05) is 12.2 Å². The second-order valence-electron chi connectivity index (χ2n) is 6.30. The predicted octanol–water partition coefficient (Wildman–Crippen LogP) is 5.27. The molecular weight excluding hydrogens is 376 g/mol.